The van der Waals surface area contributed by atoms with Crippen molar-refractivity contribution in [2.75, 3.05) is 11.1 Å². The number of fused-ring (bicyclic) bond motifs is 1. The third-order valence-corrected chi connectivity index (χ3v) is 5.99. The number of nitrogens with one attached hydrogen (secondary N) is 1. The highest BCUT2D eigenvalue weighted by Gasteiger charge is 2.20. The van der Waals surface area contributed by atoms with Crippen LogP contribution in [0, 0.1) is 13.8 Å². The highest BCUT2D eigenvalue weighted by atomic mass is 32.2. The smallest absolute Gasteiger partial charge is 0.332 e. The number of furan rings is 1. The molecule has 0 bridgehead atoms. The van der Waals surface area contributed by atoms with Crippen LogP contribution < -0.4 is 16.6 Å². The maximum atomic E-state index is 12.9. The molecule has 10 heteroatoms. The average molecular weight is 452 g/mol. The molecule has 0 saturated heterocycles. The lowest BCUT2D eigenvalue weighted by Crippen LogP contribution is -2.37. The summed E-state index contributed by atoms with van der Waals surface area (Å²) in [4.78, 5) is 46.8. The minimum absolute atomic E-state index is 0.0169. The summed E-state index contributed by atoms with van der Waals surface area (Å²) in [5.41, 5.74) is 1.87. The Labute approximate surface area is 187 Å². The van der Waals surface area contributed by atoms with Crippen molar-refractivity contribution in [1.29, 1.82) is 0 Å². The Bertz CT molecular complexity index is 1450. The van der Waals surface area contributed by atoms with Crippen LogP contribution in [-0.4, -0.2) is 30.8 Å². The number of carbonyl (C=O) groups excluding carboxylic acids is 1. The van der Waals surface area contributed by atoms with E-state index in [2.05, 4.69) is 15.3 Å². The van der Waals surface area contributed by atoms with Crippen molar-refractivity contribution in [1.82, 2.24) is 19.1 Å². The Morgan fingerprint density at radius 1 is 1.12 bits per heavy atom. The largest absolute Gasteiger partial charge is 0.461 e. The van der Waals surface area contributed by atoms with E-state index in [0.29, 0.717) is 10.8 Å². The first-order chi connectivity index (χ1) is 15.3. The number of hydrogen-bond donors (Lipinski definition) is 1. The van der Waals surface area contributed by atoms with E-state index in [1.54, 1.807) is 12.1 Å². The van der Waals surface area contributed by atoms with Gasteiger partial charge in [0.2, 0.25) is 5.91 Å². The number of carbonyl (C=O) groups is 1. The molecule has 4 aromatic rings. The van der Waals surface area contributed by atoms with E-state index in [9.17, 15) is 14.4 Å². The third kappa shape index (κ3) is 3.96. The summed E-state index contributed by atoms with van der Waals surface area (Å²) < 4.78 is 7.67. The monoisotopic (exact) mass is 451 g/mol. The van der Waals surface area contributed by atoms with E-state index in [1.807, 2.05) is 32.0 Å². The molecule has 0 unspecified atom stereocenters. The van der Waals surface area contributed by atoms with Gasteiger partial charge in [-0.15, -0.1) is 0 Å². The number of hydrogen-bond acceptors (Lipinski definition) is 7. The first-order valence-corrected chi connectivity index (χ1v) is 10.8. The summed E-state index contributed by atoms with van der Waals surface area (Å²) in [6.45, 7) is 3.87. The van der Waals surface area contributed by atoms with E-state index in [0.717, 1.165) is 33.1 Å². The van der Waals surface area contributed by atoms with E-state index in [-0.39, 0.29) is 28.5 Å². The SMILES string of the molecule is Cc1ccc(C)c(NC(=O)CSc2nc(-c3ccco3)nc3c2c(=O)n(C)c(=O)n3C)c1. The molecule has 0 saturated carbocycles. The summed E-state index contributed by atoms with van der Waals surface area (Å²) in [7, 11) is 2.93. The second kappa shape index (κ2) is 8.46. The van der Waals surface area contributed by atoms with Crippen LogP contribution in [0.4, 0.5) is 5.69 Å². The van der Waals surface area contributed by atoms with Crippen LogP contribution >= 0.6 is 11.8 Å². The van der Waals surface area contributed by atoms with Crippen LogP contribution in [0.1, 0.15) is 11.1 Å². The molecule has 3 heterocycles. The quantitative estimate of drug-likeness (QED) is 0.367. The van der Waals surface area contributed by atoms with Crippen LogP contribution in [0.3, 0.4) is 0 Å². The highest BCUT2D eigenvalue weighted by Crippen LogP contribution is 2.26. The Hall–Kier alpha value is -3.66. The predicted molar refractivity (Wildman–Crippen MR) is 123 cm³/mol. The van der Waals surface area contributed by atoms with Crippen molar-refractivity contribution in [3.05, 3.63) is 68.6 Å². The van der Waals surface area contributed by atoms with Gasteiger partial charge < -0.3 is 9.73 Å². The molecule has 164 valence electrons. The third-order valence-electron chi connectivity index (χ3n) is 5.02. The van der Waals surface area contributed by atoms with Gasteiger partial charge in [0.15, 0.2) is 17.2 Å². The molecule has 1 N–H and O–H groups in total. The molecule has 0 radical (unpaired) electrons. The summed E-state index contributed by atoms with van der Waals surface area (Å²) in [5, 5.41) is 3.37. The molecule has 0 aliphatic heterocycles. The maximum absolute atomic E-state index is 12.9. The lowest BCUT2D eigenvalue weighted by Gasteiger charge is -2.12. The van der Waals surface area contributed by atoms with Gasteiger partial charge in [0.25, 0.3) is 5.56 Å². The van der Waals surface area contributed by atoms with Crippen LogP contribution in [0.15, 0.2) is 55.6 Å². The molecule has 0 fully saturated rings. The average Bonchev–Trinajstić information content (AvgIpc) is 3.31. The zero-order chi connectivity index (χ0) is 23.0. The molecule has 0 aliphatic carbocycles. The lowest BCUT2D eigenvalue weighted by atomic mass is 10.1. The lowest BCUT2D eigenvalue weighted by molar-refractivity contribution is -0.113. The van der Waals surface area contributed by atoms with Crippen molar-refractivity contribution in [3.63, 3.8) is 0 Å². The van der Waals surface area contributed by atoms with Crippen LogP contribution in [0.5, 0.6) is 0 Å². The number of thioether (sulfide) groups is 1. The fourth-order valence-corrected chi connectivity index (χ4v) is 4.05. The molecule has 9 nitrogen and oxygen atoms in total. The fourth-order valence-electron chi connectivity index (χ4n) is 3.24. The van der Waals surface area contributed by atoms with Crippen LogP contribution in [0.25, 0.3) is 22.6 Å². The number of rotatable bonds is 5. The minimum atomic E-state index is -0.522. The normalized spacial score (nSPS) is 11.1. The minimum Gasteiger partial charge on any atom is -0.461 e. The summed E-state index contributed by atoms with van der Waals surface area (Å²) in [5.74, 6) is 0.393. The van der Waals surface area contributed by atoms with Gasteiger partial charge >= 0.3 is 5.69 Å². The maximum Gasteiger partial charge on any atom is 0.332 e. The standard InChI is InChI=1S/C22H21N5O4S/c1-12-7-8-13(2)14(10-12)23-16(28)11-32-20-17-19(26(3)22(30)27(4)21(17)29)24-18(25-20)15-6-5-9-31-15/h5-10H,11H2,1-4H3,(H,23,28). The van der Waals surface area contributed by atoms with E-state index >= 15 is 0 Å². The molecule has 32 heavy (non-hydrogen) atoms. The molecule has 0 atom stereocenters. The Balaban J connectivity index is 1.74. The number of nitrogens with zero attached hydrogens (tertiary/aromatic N) is 4. The van der Waals surface area contributed by atoms with Gasteiger partial charge in [-0.2, -0.15) is 0 Å². The zero-order valence-corrected chi connectivity index (χ0v) is 18.8. The highest BCUT2D eigenvalue weighted by molar-refractivity contribution is 8.00. The van der Waals surface area contributed by atoms with Gasteiger partial charge in [0, 0.05) is 19.8 Å². The molecular weight excluding hydrogens is 430 g/mol. The van der Waals surface area contributed by atoms with E-state index in [4.69, 9.17) is 4.42 Å². The van der Waals surface area contributed by atoms with E-state index in [1.165, 1.54) is 24.9 Å². The van der Waals surface area contributed by atoms with E-state index < -0.39 is 11.2 Å². The van der Waals surface area contributed by atoms with Gasteiger partial charge in [-0.05, 0) is 43.2 Å². The number of aryl methyl sites for hydroxylation is 3. The topological polar surface area (TPSA) is 112 Å². The fraction of sp³-hybridized carbons (Fsp3) is 0.227. The molecular formula is C22H21N5O4S. The van der Waals surface area contributed by atoms with Crippen molar-refractivity contribution < 1.29 is 9.21 Å². The number of anilines is 1. The van der Waals surface area contributed by atoms with Gasteiger partial charge in [0.05, 0.1) is 12.0 Å². The van der Waals surface area contributed by atoms with Crippen LogP contribution in [-0.2, 0) is 18.9 Å². The molecule has 0 spiro atoms. The summed E-state index contributed by atoms with van der Waals surface area (Å²) in [6, 6.07) is 9.19. The molecule has 3 aromatic heterocycles. The Kier molecular flexibility index (Phi) is 5.70. The first kappa shape index (κ1) is 21.6. The van der Waals surface area contributed by atoms with Crippen molar-refractivity contribution in [2.24, 2.45) is 14.1 Å². The Morgan fingerprint density at radius 2 is 1.91 bits per heavy atom. The van der Waals surface area contributed by atoms with Gasteiger partial charge in [0.1, 0.15) is 10.4 Å². The second-order valence-corrected chi connectivity index (χ2v) is 8.35. The van der Waals surface area contributed by atoms with Crippen LogP contribution in [0.2, 0.25) is 0 Å². The number of benzene rings is 1. The number of aromatic nitrogens is 4. The Morgan fingerprint density at radius 3 is 2.62 bits per heavy atom. The molecule has 0 aliphatic rings. The summed E-state index contributed by atoms with van der Waals surface area (Å²) >= 11 is 1.10. The second-order valence-electron chi connectivity index (χ2n) is 7.39. The first-order valence-electron chi connectivity index (χ1n) is 9.78. The molecule has 1 aromatic carbocycles. The molecule has 4 rings (SSSR count). The zero-order valence-electron chi connectivity index (χ0n) is 18.0. The number of amides is 1. The van der Waals surface area contributed by atoms with Crippen molar-refractivity contribution in [2.45, 2.75) is 18.9 Å². The predicted octanol–water partition coefficient (Wildman–Crippen LogP) is 2.63. The van der Waals surface area contributed by atoms with Gasteiger partial charge in [-0.25, -0.2) is 14.8 Å². The molecule has 1 amide bonds. The van der Waals surface area contributed by atoms with Crippen molar-refractivity contribution >= 4 is 34.4 Å². The van der Waals surface area contributed by atoms with Gasteiger partial charge in [-0.3, -0.25) is 18.7 Å². The van der Waals surface area contributed by atoms with Gasteiger partial charge in [-0.1, -0.05) is 23.9 Å². The summed E-state index contributed by atoms with van der Waals surface area (Å²) in [6.07, 6.45) is 1.48. The van der Waals surface area contributed by atoms with Crippen molar-refractivity contribution in [3.8, 4) is 11.6 Å².